The van der Waals surface area contributed by atoms with Crippen LogP contribution in [0.25, 0.3) is 0 Å². The Morgan fingerprint density at radius 3 is 2.20 bits per heavy atom. The molecule has 0 amide bonds. The van der Waals surface area contributed by atoms with Crippen LogP contribution >= 0.6 is 23.5 Å². The van der Waals surface area contributed by atoms with Gasteiger partial charge >= 0.3 is 0 Å². The number of thioether (sulfide) groups is 2. The van der Waals surface area contributed by atoms with Gasteiger partial charge in [-0.2, -0.15) is 0 Å². The Labute approximate surface area is 101 Å². The molecule has 0 heterocycles. The molecule has 0 aliphatic carbocycles. The Morgan fingerprint density at radius 2 is 1.67 bits per heavy atom. The van der Waals surface area contributed by atoms with Crippen molar-refractivity contribution in [2.75, 3.05) is 11.5 Å². The lowest BCUT2D eigenvalue weighted by atomic mass is 10.2. The van der Waals surface area contributed by atoms with E-state index in [0.29, 0.717) is 4.58 Å². The Kier molecular flexibility index (Phi) is 6.47. The quantitative estimate of drug-likeness (QED) is 0.575. The standard InChI is InChI=1S/C13H16S2/c1-3-14-13(15-4-2)11-10-12-8-6-5-7-9-12/h5-9,13H,3-4H2,1-2H3. The Balaban J connectivity index is 2.60. The summed E-state index contributed by atoms with van der Waals surface area (Å²) in [7, 11) is 0. The van der Waals surface area contributed by atoms with E-state index in [4.69, 9.17) is 0 Å². The van der Waals surface area contributed by atoms with Gasteiger partial charge in [0.2, 0.25) is 0 Å². The molecule has 0 nitrogen and oxygen atoms in total. The Hall–Kier alpha value is -0.520. The van der Waals surface area contributed by atoms with Gasteiger partial charge in [-0.15, -0.1) is 23.5 Å². The molecule has 1 rings (SSSR count). The first-order valence-corrected chi connectivity index (χ1v) is 7.26. The van der Waals surface area contributed by atoms with Gasteiger partial charge < -0.3 is 0 Å². The van der Waals surface area contributed by atoms with E-state index in [0.717, 1.165) is 17.1 Å². The summed E-state index contributed by atoms with van der Waals surface area (Å²) in [4.78, 5) is 0. The molecule has 0 N–H and O–H groups in total. The first kappa shape index (κ1) is 12.5. The van der Waals surface area contributed by atoms with Crippen LogP contribution in [0, 0.1) is 11.8 Å². The summed E-state index contributed by atoms with van der Waals surface area (Å²) in [5, 5.41) is 0. The Bertz CT molecular complexity index is 315. The highest BCUT2D eigenvalue weighted by Crippen LogP contribution is 2.22. The van der Waals surface area contributed by atoms with Crippen molar-refractivity contribution in [3.63, 3.8) is 0 Å². The van der Waals surface area contributed by atoms with Gasteiger partial charge in [0, 0.05) is 5.56 Å². The lowest BCUT2D eigenvalue weighted by molar-refractivity contribution is 1.49. The predicted octanol–water partition coefficient (Wildman–Crippen LogP) is 3.87. The summed E-state index contributed by atoms with van der Waals surface area (Å²) >= 11 is 3.82. The van der Waals surface area contributed by atoms with Crippen LogP contribution in [0.4, 0.5) is 0 Å². The zero-order valence-corrected chi connectivity index (χ0v) is 10.8. The predicted molar refractivity (Wildman–Crippen MR) is 73.4 cm³/mol. The van der Waals surface area contributed by atoms with Gasteiger partial charge in [-0.25, -0.2) is 0 Å². The van der Waals surface area contributed by atoms with Gasteiger partial charge in [-0.05, 0) is 23.6 Å². The maximum atomic E-state index is 3.31. The molecule has 0 saturated carbocycles. The minimum atomic E-state index is 0.417. The molecule has 0 spiro atoms. The molecule has 2 heteroatoms. The van der Waals surface area contributed by atoms with Crippen LogP contribution in [0.3, 0.4) is 0 Å². The highest BCUT2D eigenvalue weighted by atomic mass is 32.2. The summed E-state index contributed by atoms with van der Waals surface area (Å²) in [6.45, 7) is 4.36. The van der Waals surface area contributed by atoms with E-state index in [1.165, 1.54) is 0 Å². The third-order valence-corrected chi connectivity index (χ3v) is 4.07. The van der Waals surface area contributed by atoms with Gasteiger partial charge in [-0.3, -0.25) is 0 Å². The minimum absolute atomic E-state index is 0.417. The van der Waals surface area contributed by atoms with E-state index >= 15 is 0 Å². The van der Waals surface area contributed by atoms with Gasteiger partial charge in [0.1, 0.15) is 4.58 Å². The molecule has 1 aromatic carbocycles. The van der Waals surface area contributed by atoms with Gasteiger partial charge in [0.25, 0.3) is 0 Å². The second-order valence-electron chi connectivity index (χ2n) is 2.88. The van der Waals surface area contributed by atoms with E-state index in [9.17, 15) is 0 Å². The normalized spacial score (nSPS) is 9.80. The molecule has 15 heavy (non-hydrogen) atoms. The van der Waals surface area contributed by atoms with Crippen molar-refractivity contribution < 1.29 is 0 Å². The van der Waals surface area contributed by atoms with E-state index in [1.807, 2.05) is 41.7 Å². The summed E-state index contributed by atoms with van der Waals surface area (Å²) < 4.78 is 0.417. The van der Waals surface area contributed by atoms with Gasteiger partial charge in [0.15, 0.2) is 0 Å². The van der Waals surface area contributed by atoms with E-state index in [-0.39, 0.29) is 0 Å². The van der Waals surface area contributed by atoms with Crippen LogP contribution in [-0.4, -0.2) is 16.1 Å². The lowest BCUT2D eigenvalue weighted by Gasteiger charge is -2.05. The summed E-state index contributed by atoms with van der Waals surface area (Å²) in [5.41, 5.74) is 1.11. The maximum Gasteiger partial charge on any atom is 0.111 e. The first-order valence-electron chi connectivity index (χ1n) is 5.16. The number of benzene rings is 1. The molecule has 0 saturated heterocycles. The van der Waals surface area contributed by atoms with E-state index in [2.05, 4.69) is 37.8 Å². The molecular formula is C13H16S2. The monoisotopic (exact) mass is 236 g/mol. The van der Waals surface area contributed by atoms with Crippen LogP contribution in [0.2, 0.25) is 0 Å². The maximum absolute atomic E-state index is 3.31. The number of rotatable bonds is 4. The average molecular weight is 236 g/mol. The number of hydrogen-bond acceptors (Lipinski definition) is 2. The smallest absolute Gasteiger partial charge is 0.111 e. The Morgan fingerprint density at radius 1 is 1.07 bits per heavy atom. The highest BCUT2D eigenvalue weighted by molar-refractivity contribution is 8.17. The molecule has 0 unspecified atom stereocenters. The molecule has 1 aromatic rings. The third kappa shape index (κ3) is 5.20. The minimum Gasteiger partial charge on any atom is -0.135 e. The zero-order valence-electron chi connectivity index (χ0n) is 9.19. The SMILES string of the molecule is CCSC(C#Cc1ccccc1)SCC. The third-order valence-electron chi connectivity index (χ3n) is 1.74. The van der Waals surface area contributed by atoms with Crippen LogP contribution in [-0.2, 0) is 0 Å². The fraction of sp³-hybridized carbons (Fsp3) is 0.385. The van der Waals surface area contributed by atoms with E-state index < -0.39 is 0 Å². The average Bonchev–Trinajstić information content (AvgIpc) is 2.28. The first-order chi connectivity index (χ1) is 7.36. The summed E-state index contributed by atoms with van der Waals surface area (Å²) in [5.74, 6) is 8.79. The summed E-state index contributed by atoms with van der Waals surface area (Å²) in [6.07, 6.45) is 0. The second-order valence-corrected chi connectivity index (χ2v) is 5.94. The van der Waals surface area contributed by atoms with E-state index in [1.54, 1.807) is 0 Å². The molecule has 0 aliphatic heterocycles. The number of hydrogen-bond donors (Lipinski definition) is 0. The van der Waals surface area contributed by atoms with Crippen molar-refractivity contribution >= 4 is 23.5 Å². The molecule has 0 fully saturated rings. The summed E-state index contributed by atoms with van der Waals surface area (Å²) in [6, 6.07) is 10.2. The van der Waals surface area contributed by atoms with Crippen molar-refractivity contribution in [3.8, 4) is 11.8 Å². The zero-order chi connectivity index (χ0) is 10.9. The van der Waals surface area contributed by atoms with Crippen molar-refractivity contribution in [2.45, 2.75) is 18.4 Å². The van der Waals surface area contributed by atoms with Crippen LogP contribution in [0.15, 0.2) is 30.3 Å². The van der Waals surface area contributed by atoms with Crippen LogP contribution < -0.4 is 0 Å². The lowest BCUT2D eigenvalue weighted by Crippen LogP contribution is -1.93. The fourth-order valence-corrected chi connectivity index (χ4v) is 3.19. The van der Waals surface area contributed by atoms with Crippen molar-refractivity contribution in [2.24, 2.45) is 0 Å². The van der Waals surface area contributed by atoms with Gasteiger partial charge in [-0.1, -0.05) is 43.9 Å². The molecule has 0 atom stereocenters. The van der Waals surface area contributed by atoms with Crippen LogP contribution in [0.1, 0.15) is 19.4 Å². The van der Waals surface area contributed by atoms with Gasteiger partial charge in [0.05, 0.1) is 0 Å². The van der Waals surface area contributed by atoms with Crippen molar-refractivity contribution in [1.29, 1.82) is 0 Å². The highest BCUT2D eigenvalue weighted by Gasteiger charge is 2.01. The van der Waals surface area contributed by atoms with Crippen molar-refractivity contribution in [3.05, 3.63) is 35.9 Å². The van der Waals surface area contributed by atoms with Crippen LogP contribution in [0.5, 0.6) is 0 Å². The largest absolute Gasteiger partial charge is 0.135 e. The molecule has 0 bridgehead atoms. The second kappa shape index (κ2) is 7.73. The molecule has 80 valence electrons. The molecule has 0 aromatic heterocycles. The molecular weight excluding hydrogens is 220 g/mol. The topological polar surface area (TPSA) is 0 Å². The fourth-order valence-electron chi connectivity index (χ4n) is 1.10. The van der Waals surface area contributed by atoms with Crippen molar-refractivity contribution in [1.82, 2.24) is 0 Å². The molecule has 0 aliphatic rings. The molecule has 0 radical (unpaired) electrons.